The van der Waals surface area contributed by atoms with Crippen molar-refractivity contribution in [2.75, 3.05) is 6.61 Å². The molecule has 0 heterocycles. The fourth-order valence-corrected chi connectivity index (χ4v) is 1.02. The molecule has 0 fully saturated rings. The Balaban J connectivity index is 3.00. The van der Waals surface area contributed by atoms with E-state index in [1.165, 1.54) is 0 Å². The second-order valence-corrected chi connectivity index (χ2v) is 3.26. The first-order valence-electron chi connectivity index (χ1n) is 4.00. The fourth-order valence-electron chi connectivity index (χ4n) is 1.02. The molecule has 0 saturated carbocycles. The summed E-state index contributed by atoms with van der Waals surface area (Å²) in [5.74, 6) is 0. The van der Waals surface area contributed by atoms with Crippen molar-refractivity contribution < 1.29 is 5.11 Å². The number of nitrogens with two attached hydrogens (primary N) is 1. The summed E-state index contributed by atoms with van der Waals surface area (Å²) in [7, 11) is 0. The molecule has 0 aliphatic heterocycles. The van der Waals surface area contributed by atoms with Gasteiger partial charge in [0.1, 0.15) is 0 Å². The average molecular weight is 176 g/mol. The normalized spacial score (nSPS) is 14.6. The third-order valence-electron chi connectivity index (χ3n) is 2.00. The Kier molecular flexibility index (Phi) is 2.66. The maximum absolute atomic E-state index is 8.98. The summed E-state index contributed by atoms with van der Waals surface area (Å²) in [5.41, 5.74) is 6.49. The van der Waals surface area contributed by atoms with Crippen LogP contribution in [0.25, 0.3) is 0 Å². The predicted octanol–water partition coefficient (Wildman–Crippen LogP) is 0.724. The van der Waals surface area contributed by atoms with Gasteiger partial charge in [-0.25, -0.2) is 0 Å². The van der Waals surface area contributed by atoms with Gasteiger partial charge in [0, 0.05) is 0 Å². The van der Waals surface area contributed by atoms with E-state index in [0.29, 0.717) is 5.56 Å². The van der Waals surface area contributed by atoms with Crippen LogP contribution in [0.2, 0.25) is 0 Å². The Morgan fingerprint density at radius 2 is 2.00 bits per heavy atom. The van der Waals surface area contributed by atoms with Crippen molar-refractivity contribution >= 4 is 0 Å². The largest absolute Gasteiger partial charge is 0.394 e. The molecule has 1 aromatic rings. The molecule has 3 heteroatoms. The van der Waals surface area contributed by atoms with E-state index in [9.17, 15) is 0 Å². The molecular formula is C10H12N2O. The zero-order valence-electron chi connectivity index (χ0n) is 7.49. The van der Waals surface area contributed by atoms with Gasteiger partial charge in [0.25, 0.3) is 0 Å². The van der Waals surface area contributed by atoms with Crippen LogP contribution in [-0.2, 0) is 5.54 Å². The lowest BCUT2D eigenvalue weighted by Gasteiger charge is -2.21. The predicted molar refractivity (Wildman–Crippen MR) is 49.8 cm³/mol. The van der Waals surface area contributed by atoms with Gasteiger partial charge in [0.15, 0.2) is 0 Å². The first-order valence-corrected chi connectivity index (χ1v) is 4.00. The molecule has 68 valence electrons. The van der Waals surface area contributed by atoms with E-state index in [0.717, 1.165) is 5.56 Å². The number of rotatable bonds is 2. The van der Waals surface area contributed by atoms with E-state index in [2.05, 4.69) is 0 Å². The number of aliphatic hydroxyl groups excluding tert-OH is 1. The van der Waals surface area contributed by atoms with Gasteiger partial charge >= 0.3 is 0 Å². The van der Waals surface area contributed by atoms with E-state index in [4.69, 9.17) is 16.1 Å². The van der Waals surface area contributed by atoms with E-state index in [1.54, 1.807) is 31.2 Å². The lowest BCUT2D eigenvalue weighted by molar-refractivity contribution is 0.210. The summed E-state index contributed by atoms with van der Waals surface area (Å²) in [6.45, 7) is 1.63. The van der Waals surface area contributed by atoms with Crippen molar-refractivity contribution in [2.45, 2.75) is 12.5 Å². The molecule has 3 nitrogen and oxygen atoms in total. The molecule has 13 heavy (non-hydrogen) atoms. The molecule has 0 unspecified atom stereocenters. The Bertz CT molecular complexity index is 322. The van der Waals surface area contributed by atoms with Crippen LogP contribution >= 0.6 is 0 Å². The van der Waals surface area contributed by atoms with Gasteiger partial charge in [0.05, 0.1) is 23.8 Å². The first-order chi connectivity index (χ1) is 6.10. The van der Waals surface area contributed by atoms with Crippen molar-refractivity contribution in [2.24, 2.45) is 5.73 Å². The van der Waals surface area contributed by atoms with Crippen molar-refractivity contribution in [1.82, 2.24) is 0 Å². The zero-order valence-corrected chi connectivity index (χ0v) is 7.49. The smallest absolute Gasteiger partial charge is 0.0991 e. The molecule has 0 aliphatic rings. The van der Waals surface area contributed by atoms with Gasteiger partial charge in [0.2, 0.25) is 0 Å². The summed E-state index contributed by atoms with van der Waals surface area (Å²) >= 11 is 0. The number of benzene rings is 1. The zero-order chi connectivity index (χ0) is 9.90. The molecule has 0 aliphatic carbocycles. The Hall–Kier alpha value is -1.37. The van der Waals surface area contributed by atoms with Gasteiger partial charge in [-0.1, -0.05) is 12.1 Å². The summed E-state index contributed by atoms with van der Waals surface area (Å²) in [4.78, 5) is 0. The lowest BCUT2D eigenvalue weighted by Crippen LogP contribution is -2.36. The summed E-state index contributed by atoms with van der Waals surface area (Å²) in [6, 6.07) is 8.92. The fraction of sp³-hybridized carbons (Fsp3) is 0.300. The third kappa shape index (κ3) is 2.05. The van der Waals surface area contributed by atoms with Crippen molar-refractivity contribution in [3.63, 3.8) is 0 Å². The summed E-state index contributed by atoms with van der Waals surface area (Å²) < 4.78 is 0. The van der Waals surface area contributed by atoms with Gasteiger partial charge in [-0.2, -0.15) is 5.26 Å². The number of aliphatic hydroxyl groups is 1. The van der Waals surface area contributed by atoms with Gasteiger partial charge in [-0.15, -0.1) is 0 Å². The lowest BCUT2D eigenvalue weighted by atomic mass is 9.94. The van der Waals surface area contributed by atoms with Crippen LogP contribution in [0.1, 0.15) is 18.1 Å². The highest BCUT2D eigenvalue weighted by molar-refractivity contribution is 5.34. The topological polar surface area (TPSA) is 70.0 Å². The minimum Gasteiger partial charge on any atom is -0.394 e. The van der Waals surface area contributed by atoms with Crippen LogP contribution in [0.15, 0.2) is 24.3 Å². The maximum Gasteiger partial charge on any atom is 0.0991 e. The average Bonchev–Trinajstić information content (AvgIpc) is 2.18. The molecule has 0 bridgehead atoms. The second kappa shape index (κ2) is 3.56. The maximum atomic E-state index is 8.98. The van der Waals surface area contributed by atoms with Crippen LogP contribution in [0.3, 0.4) is 0 Å². The van der Waals surface area contributed by atoms with Crippen LogP contribution in [0.4, 0.5) is 0 Å². The molecule has 0 saturated heterocycles. The van der Waals surface area contributed by atoms with E-state index in [-0.39, 0.29) is 6.61 Å². The molecule has 0 aromatic heterocycles. The monoisotopic (exact) mass is 176 g/mol. The molecular weight excluding hydrogens is 164 g/mol. The summed E-state index contributed by atoms with van der Waals surface area (Å²) in [5, 5.41) is 17.5. The van der Waals surface area contributed by atoms with Crippen molar-refractivity contribution in [3.05, 3.63) is 35.4 Å². The van der Waals surface area contributed by atoms with Crippen LogP contribution in [0.5, 0.6) is 0 Å². The number of nitrogens with zero attached hydrogens (tertiary/aromatic N) is 1. The number of hydrogen-bond donors (Lipinski definition) is 2. The highest BCUT2D eigenvalue weighted by Crippen LogP contribution is 2.16. The molecule has 1 rings (SSSR count). The van der Waals surface area contributed by atoms with Crippen LogP contribution in [0, 0.1) is 11.3 Å². The highest BCUT2D eigenvalue weighted by Gasteiger charge is 2.19. The Morgan fingerprint density at radius 3 is 2.38 bits per heavy atom. The molecule has 0 amide bonds. The van der Waals surface area contributed by atoms with E-state index >= 15 is 0 Å². The van der Waals surface area contributed by atoms with Crippen LogP contribution < -0.4 is 5.73 Å². The van der Waals surface area contributed by atoms with Crippen LogP contribution in [-0.4, -0.2) is 11.7 Å². The third-order valence-corrected chi connectivity index (χ3v) is 2.00. The van der Waals surface area contributed by atoms with E-state index in [1.807, 2.05) is 6.07 Å². The van der Waals surface area contributed by atoms with Crippen molar-refractivity contribution in [1.29, 1.82) is 5.26 Å². The molecule has 0 spiro atoms. The first kappa shape index (κ1) is 9.72. The Labute approximate surface area is 77.4 Å². The van der Waals surface area contributed by atoms with E-state index < -0.39 is 5.54 Å². The minimum absolute atomic E-state index is 0.112. The minimum atomic E-state index is -0.728. The quantitative estimate of drug-likeness (QED) is 0.697. The molecule has 1 atom stereocenters. The van der Waals surface area contributed by atoms with Gasteiger partial charge in [-0.3, -0.25) is 0 Å². The van der Waals surface area contributed by atoms with Gasteiger partial charge in [-0.05, 0) is 24.6 Å². The number of hydrogen-bond acceptors (Lipinski definition) is 3. The number of nitriles is 1. The highest BCUT2D eigenvalue weighted by atomic mass is 16.3. The molecule has 1 aromatic carbocycles. The second-order valence-electron chi connectivity index (χ2n) is 3.26. The van der Waals surface area contributed by atoms with Crippen molar-refractivity contribution in [3.8, 4) is 6.07 Å². The molecule has 3 N–H and O–H groups in total. The summed E-state index contributed by atoms with van der Waals surface area (Å²) in [6.07, 6.45) is 0. The Morgan fingerprint density at radius 1 is 1.46 bits per heavy atom. The SMILES string of the molecule is C[C@](N)(CO)c1ccc(C#N)cc1. The standard InChI is InChI=1S/C10H12N2O/c1-10(12,7-13)9-4-2-8(6-11)3-5-9/h2-5,13H,7,12H2,1H3/t10-/m0/s1. The van der Waals surface area contributed by atoms with Gasteiger partial charge < -0.3 is 10.8 Å². The molecule has 0 radical (unpaired) electrons.